The third-order valence-electron chi connectivity index (χ3n) is 2.89. The highest BCUT2D eigenvalue weighted by molar-refractivity contribution is 7.09. The van der Waals surface area contributed by atoms with E-state index in [4.69, 9.17) is 9.84 Å². The summed E-state index contributed by atoms with van der Waals surface area (Å²) < 4.78 is 5.69. The molecule has 0 aliphatic heterocycles. The molecule has 0 amide bonds. The minimum absolute atomic E-state index is 0.00796. The third kappa shape index (κ3) is 4.04. The highest BCUT2D eigenvalue weighted by atomic mass is 32.1. The van der Waals surface area contributed by atoms with Crippen molar-refractivity contribution in [3.8, 4) is 5.75 Å². The van der Waals surface area contributed by atoms with Crippen LogP contribution in [0.25, 0.3) is 0 Å². The van der Waals surface area contributed by atoms with Crippen LogP contribution in [0.5, 0.6) is 5.75 Å². The quantitative estimate of drug-likeness (QED) is 0.880. The van der Waals surface area contributed by atoms with Crippen LogP contribution in [0, 0.1) is 0 Å². The van der Waals surface area contributed by atoms with Gasteiger partial charge in [-0.05, 0) is 23.6 Å². The molecule has 102 valence electrons. The van der Waals surface area contributed by atoms with Gasteiger partial charge in [-0.3, -0.25) is 0 Å². The zero-order valence-electron chi connectivity index (χ0n) is 11.3. The van der Waals surface area contributed by atoms with Crippen LogP contribution in [0.15, 0.2) is 29.6 Å². The van der Waals surface area contributed by atoms with Gasteiger partial charge < -0.3 is 9.84 Å². The summed E-state index contributed by atoms with van der Waals surface area (Å²) in [6, 6.07) is 8.23. The topological polar surface area (TPSA) is 42.4 Å². The van der Waals surface area contributed by atoms with Crippen LogP contribution in [-0.2, 0) is 13.0 Å². The molecule has 2 rings (SSSR count). The average Bonchev–Trinajstić information content (AvgIpc) is 2.87. The summed E-state index contributed by atoms with van der Waals surface area (Å²) in [5.41, 5.74) is 2.06. The maximum atomic E-state index is 8.94. The Balaban J connectivity index is 1.82. The molecule has 0 aliphatic carbocycles. The van der Waals surface area contributed by atoms with E-state index in [0.717, 1.165) is 22.9 Å². The predicted molar refractivity (Wildman–Crippen MR) is 77.8 cm³/mol. The van der Waals surface area contributed by atoms with Crippen molar-refractivity contribution < 1.29 is 9.84 Å². The minimum Gasteiger partial charge on any atom is -0.493 e. The average molecular weight is 277 g/mol. The zero-order valence-corrected chi connectivity index (χ0v) is 12.1. The van der Waals surface area contributed by atoms with Crippen molar-refractivity contribution in [3.63, 3.8) is 0 Å². The number of benzene rings is 1. The molecule has 1 heterocycles. The van der Waals surface area contributed by atoms with Crippen molar-refractivity contribution in [1.29, 1.82) is 0 Å². The molecule has 0 unspecified atom stereocenters. The number of hydrogen-bond donors (Lipinski definition) is 1. The van der Waals surface area contributed by atoms with Crippen LogP contribution < -0.4 is 4.74 Å². The minimum atomic E-state index is 0.00796. The second-order valence-electron chi connectivity index (χ2n) is 4.71. The van der Waals surface area contributed by atoms with Gasteiger partial charge in [0.2, 0.25) is 0 Å². The fourth-order valence-electron chi connectivity index (χ4n) is 1.74. The first-order valence-electron chi connectivity index (χ1n) is 6.46. The van der Waals surface area contributed by atoms with E-state index < -0.39 is 0 Å². The highest BCUT2D eigenvalue weighted by Crippen LogP contribution is 2.19. The number of aliphatic hydroxyl groups is 1. The molecule has 0 aliphatic rings. The van der Waals surface area contributed by atoms with Gasteiger partial charge in [-0.15, -0.1) is 11.3 Å². The molecule has 0 atom stereocenters. The molecule has 0 saturated carbocycles. The fourth-order valence-corrected chi connectivity index (χ4v) is 2.51. The molecular formula is C15H19NO2S. The first-order valence-corrected chi connectivity index (χ1v) is 7.34. The van der Waals surface area contributed by atoms with Crippen LogP contribution in [0.3, 0.4) is 0 Å². The summed E-state index contributed by atoms with van der Waals surface area (Å²) in [4.78, 5) is 4.29. The van der Waals surface area contributed by atoms with Gasteiger partial charge in [-0.2, -0.15) is 0 Å². The molecule has 0 radical (unpaired) electrons. The van der Waals surface area contributed by atoms with Crippen LogP contribution in [-0.4, -0.2) is 16.7 Å². The number of thiazole rings is 1. The Morgan fingerprint density at radius 1 is 1.26 bits per heavy atom. The Morgan fingerprint density at radius 3 is 2.58 bits per heavy atom. The first kappa shape index (κ1) is 14.0. The Hall–Kier alpha value is -1.39. The number of aromatic nitrogens is 1. The van der Waals surface area contributed by atoms with E-state index in [1.54, 1.807) is 11.3 Å². The molecule has 1 aromatic carbocycles. The second-order valence-corrected chi connectivity index (χ2v) is 5.66. The number of hydrogen-bond acceptors (Lipinski definition) is 4. The summed E-state index contributed by atoms with van der Waals surface area (Å²) in [5, 5.41) is 11.8. The van der Waals surface area contributed by atoms with Crippen LogP contribution in [0.1, 0.15) is 36.0 Å². The maximum Gasteiger partial charge on any atom is 0.119 e. The summed E-state index contributed by atoms with van der Waals surface area (Å²) in [5.74, 6) is 1.43. The van der Waals surface area contributed by atoms with Crippen molar-refractivity contribution in [1.82, 2.24) is 4.98 Å². The Labute approximate surface area is 117 Å². The molecule has 0 fully saturated rings. The van der Waals surface area contributed by atoms with Gasteiger partial charge in [0.05, 0.1) is 23.9 Å². The molecule has 2 aromatic rings. The SMILES string of the molecule is CC(C)c1ccc(OCCc2nc(CO)cs2)cc1. The van der Waals surface area contributed by atoms with E-state index in [2.05, 4.69) is 31.0 Å². The van der Waals surface area contributed by atoms with Crippen LogP contribution in [0.4, 0.5) is 0 Å². The van der Waals surface area contributed by atoms with E-state index in [9.17, 15) is 0 Å². The lowest BCUT2D eigenvalue weighted by Gasteiger charge is -2.08. The predicted octanol–water partition coefficient (Wildman–Crippen LogP) is 3.38. The smallest absolute Gasteiger partial charge is 0.119 e. The molecule has 3 nitrogen and oxygen atoms in total. The van der Waals surface area contributed by atoms with Gasteiger partial charge in [0.25, 0.3) is 0 Å². The van der Waals surface area contributed by atoms with Crippen molar-refractivity contribution in [3.05, 3.63) is 45.9 Å². The normalized spacial score (nSPS) is 10.9. The number of rotatable bonds is 6. The molecule has 0 saturated heterocycles. The second kappa shape index (κ2) is 6.68. The Kier molecular flexibility index (Phi) is 4.93. The molecule has 0 spiro atoms. The lowest BCUT2D eigenvalue weighted by atomic mass is 10.0. The van der Waals surface area contributed by atoms with Gasteiger partial charge in [0.1, 0.15) is 5.75 Å². The molecule has 4 heteroatoms. The summed E-state index contributed by atoms with van der Waals surface area (Å²) >= 11 is 1.56. The first-order chi connectivity index (χ1) is 9.19. The number of aliphatic hydroxyl groups excluding tert-OH is 1. The van der Waals surface area contributed by atoms with E-state index in [0.29, 0.717) is 12.5 Å². The molecule has 1 aromatic heterocycles. The van der Waals surface area contributed by atoms with E-state index in [1.807, 2.05) is 17.5 Å². The standard InChI is InChI=1S/C15H19NO2S/c1-11(2)12-3-5-14(6-4-12)18-8-7-15-16-13(9-17)10-19-15/h3-6,10-11,17H,7-9H2,1-2H3. The summed E-state index contributed by atoms with van der Waals surface area (Å²) in [7, 11) is 0. The molecular weight excluding hydrogens is 258 g/mol. The largest absolute Gasteiger partial charge is 0.493 e. The van der Waals surface area contributed by atoms with Gasteiger partial charge in [0.15, 0.2) is 0 Å². The van der Waals surface area contributed by atoms with Crippen molar-refractivity contribution in [2.45, 2.75) is 32.8 Å². The monoisotopic (exact) mass is 277 g/mol. The van der Waals surface area contributed by atoms with Gasteiger partial charge >= 0.3 is 0 Å². The molecule has 0 bridgehead atoms. The third-order valence-corrected chi connectivity index (χ3v) is 3.85. The highest BCUT2D eigenvalue weighted by Gasteiger charge is 2.02. The van der Waals surface area contributed by atoms with E-state index in [-0.39, 0.29) is 6.61 Å². The van der Waals surface area contributed by atoms with Crippen LogP contribution >= 0.6 is 11.3 Å². The lowest BCUT2D eigenvalue weighted by Crippen LogP contribution is -2.01. The molecule has 1 N–H and O–H groups in total. The Morgan fingerprint density at radius 2 is 2.00 bits per heavy atom. The van der Waals surface area contributed by atoms with Crippen molar-refractivity contribution in [2.75, 3.05) is 6.61 Å². The maximum absolute atomic E-state index is 8.94. The van der Waals surface area contributed by atoms with E-state index >= 15 is 0 Å². The van der Waals surface area contributed by atoms with Gasteiger partial charge in [-0.25, -0.2) is 4.98 Å². The zero-order chi connectivity index (χ0) is 13.7. The summed E-state index contributed by atoms with van der Waals surface area (Å²) in [6.07, 6.45) is 0.774. The van der Waals surface area contributed by atoms with Crippen molar-refractivity contribution in [2.24, 2.45) is 0 Å². The van der Waals surface area contributed by atoms with Gasteiger partial charge in [-0.1, -0.05) is 26.0 Å². The van der Waals surface area contributed by atoms with E-state index in [1.165, 1.54) is 5.56 Å². The fraction of sp³-hybridized carbons (Fsp3) is 0.400. The number of ether oxygens (including phenoxy) is 1. The van der Waals surface area contributed by atoms with Crippen molar-refractivity contribution >= 4 is 11.3 Å². The summed E-state index contributed by atoms with van der Waals surface area (Å²) in [6.45, 7) is 4.97. The van der Waals surface area contributed by atoms with Gasteiger partial charge in [0, 0.05) is 11.8 Å². The lowest BCUT2D eigenvalue weighted by molar-refractivity contribution is 0.277. The molecule has 19 heavy (non-hydrogen) atoms. The number of nitrogens with zero attached hydrogens (tertiary/aromatic N) is 1. The van der Waals surface area contributed by atoms with Crippen LogP contribution in [0.2, 0.25) is 0 Å². The Bertz CT molecular complexity index is 505.